The van der Waals surface area contributed by atoms with Crippen LogP contribution in [0.15, 0.2) is 0 Å². The van der Waals surface area contributed by atoms with E-state index in [1.54, 1.807) is 0 Å². The molecule has 0 saturated carbocycles. The highest BCUT2D eigenvalue weighted by molar-refractivity contribution is 5.77. The van der Waals surface area contributed by atoms with Crippen molar-refractivity contribution in [3.8, 4) is 0 Å². The van der Waals surface area contributed by atoms with E-state index in [0.717, 1.165) is 39.1 Å². The van der Waals surface area contributed by atoms with Crippen LogP contribution in [0.1, 0.15) is 26.2 Å². The SMILES string of the molecule is CCN1CCCC1CC(=O)N1CCNCC1. The van der Waals surface area contributed by atoms with Crippen molar-refractivity contribution >= 4 is 5.91 Å². The Labute approximate surface area is 98.0 Å². The molecule has 1 unspecified atom stereocenters. The fourth-order valence-corrected chi connectivity index (χ4v) is 2.79. The molecular weight excluding hydrogens is 202 g/mol. The third-order valence-electron chi connectivity index (χ3n) is 3.79. The second kappa shape index (κ2) is 5.64. The predicted molar refractivity (Wildman–Crippen MR) is 64.3 cm³/mol. The van der Waals surface area contributed by atoms with E-state index in [2.05, 4.69) is 17.1 Å². The van der Waals surface area contributed by atoms with E-state index in [1.807, 2.05) is 4.90 Å². The molecule has 0 aliphatic carbocycles. The number of hydrogen-bond donors (Lipinski definition) is 1. The van der Waals surface area contributed by atoms with E-state index in [9.17, 15) is 4.79 Å². The van der Waals surface area contributed by atoms with Gasteiger partial charge < -0.3 is 15.1 Å². The van der Waals surface area contributed by atoms with Gasteiger partial charge in [-0.3, -0.25) is 4.79 Å². The molecule has 0 bridgehead atoms. The van der Waals surface area contributed by atoms with Gasteiger partial charge in [0.15, 0.2) is 0 Å². The maximum absolute atomic E-state index is 12.1. The number of amides is 1. The molecule has 0 aromatic heterocycles. The van der Waals surface area contributed by atoms with E-state index < -0.39 is 0 Å². The van der Waals surface area contributed by atoms with Crippen molar-refractivity contribution in [2.75, 3.05) is 39.3 Å². The molecule has 2 rings (SSSR count). The summed E-state index contributed by atoms with van der Waals surface area (Å²) in [4.78, 5) is 16.5. The maximum atomic E-state index is 12.1. The number of carbonyl (C=O) groups is 1. The Balaban J connectivity index is 1.81. The number of hydrogen-bond acceptors (Lipinski definition) is 3. The van der Waals surface area contributed by atoms with Crippen molar-refractivity contribution in [1.29, 1.82) is 0 Å². The summed E-state index contributed by atoms with van der Waals surface area (Å²) in [7, 11) is 0. The van der Waals surface area contributed by atoms with E-state index in [-0.39, 0.29) is 0 Å². The highest BCUT2D eigenvalue weighted by Gasteiger charge is 2.27. The van der Waals surface area contributed by atoms with Gasteiger partial charge in [0.1, 0.15) is 0 Å². The van der Waals surface area contributed by atoms with Gasteiger partial charge in [0.2, 0.25) is 5.91 Å². The molecular formula is C12H23N3O. The highest BCUT2D eigenvalue weighted by atomic mass is 16.2. The summed E-state index contributed by atoms with van der Waals surface area (Å²) in [6, 6.07) is 0.507. The molecule has 1 atom stereocenters. The van der Waals surface area contributed by atoms with Crippen LogP contribution in [0.4, 0.5) is 0 Å². The summed E-state index contributed by atoms with van der Waals surface area (Å²) in [6.45, 7) is 8.13. The Hall–Kier alpha value is -0.610. The molecule has 2 fully saturated rings. The van der Waals surface area contributed by atoms with Gasteiger partial charge in [0.05, 0.1) is 0 Å². The number of carbonyl (C=O) groups excluding carboxylic acids is 1. The zero-order valence-electron chi connectivity index (χ0n) is 10.2. The van der Waals surface area contributed by atoms with Crippen molar-refractivity contribution < 1.29 is 4.79 Å². The van der Waals surface area contributed by atoms with Gasteiger partial charge in [-0.2, -0.15) is 0 Å². The molecule has 1 amide bonds. The van der Waals surface area contributed by atoms with Crippen LogP contribution in [-0.2, 0) is 4.79 Å². The second-order valence-corrected chi connectivity index (χ2v) is 4.76. The largest absolute Gasteiger partial charge is 0.340 e. The number of likely N-dealkylation sites (tertiary alicyclic amines) is 1. The Morgan fingerprint density at radius 3 is 2.75 bits per heavy atom. The van der Waals surface area contributed by atoms with Crippen molar-refractivity contribution in [3.05, 3.63) is 0 Å². The molecule has 2 aliphatic rings. The molecule has 92 valence electrons. The monoisotopic (exact) mass is 225 g/mol. The van der Waals surface area contributed by atoms with Crippen molar-refractivity contribution in [3.63, 3.8) is 0 Å². The zero-order chi connectivity index (χ0) is 11.4. The smallest absolute Gasteiger partial charge is 0.224 e. The summed E-state index contributed by atoms with van der Waals surface area (Å²) < 4.78 is 0. The molecule has 0 radical (unpaired) electrons. The lowest BCUT2D eigenvalue weighted by atomic mass is 10.1. The lowest BCUT2D eigenvalue weighted by molar-refractivity contribution is -0.132. The van der Waals surface area contributed by atoms with E-state index in [4.69, 9.17) is 0 Å². The summed E-state index contributed by atoms with van der Waals surface area (Å²) in [5, 5.41) is 3.28. The third-order valence-corrected chi connectivity index (χ3v) is 3.79. The fraction of sp³-hybridized carbons (Fsp3) is 0.917. The van der Waals surface area contributed by atoms with Gasteiger partial charge >= 0.3 is 0 Å². The van der Waals surface area contributed by atoms with Gasteiger partial charge in [0.25, 0.3) is 0 Å². The van der Waals surface area contributed by atoms with Crippen LogP contribution >= 0.6 is 0 Å². The summed E-state index contributed by atoms with van der Waals surface area (Å²) >= 11 is 0. The standard InChI is InChI=1S/C12H23N3O/c1-2-14-7-3-4-11(14)10-12(16)15-8-5-13-6-9-15/h11,13H,2-10H2,1H3. The lowest BCUT2D eigenvalue weighted by Crippen LogP contribution is -2.47. The highest BCUT2D eigenvalue weighted by Crippen LogP contribution is 2.20. The van der Waals surface area contributed by atoms with Crippen LogP contribution in [0.25, 0.3) is 0 Å². The minimum absolute atomic E-state index is 0.354. The first kappa shape index (κ1) is 11.9. The molecule has 2 saturated heterocycles. The van der Waals surface area contributed by atoms with Crippen LogP contribution in [0.5, 0.6) is 0 Å². The molecule has 0 spiro atoms. The number of nitrogens with zero attached hydrogens (tertiary/aromatic N) is 2. The first-order valence-electron chi connectivity index (χ1n) is 6.54. The minimum Gasteiger partial charge on any atom is -0.340 e. The predicted octanol–water partition coefficient (Wildman–Crippen LogP) is 0.293. The van der Waals surface area contributed by atoms with Gasteiger partial charge in [-0.15, -0.1) is 0 Å². The minimum atomic E-state index is 0.354. The van der Waals surface area contributed by atoms with Crippen LogP contribution in [0.3, 0.4) is 0 Å². The van der Waals surface area contributed by atoms with Crippen molar-refractivity contribution in [2.45, 2.75) is 32.2 Å². The maximum Gasteiger partial charge on any atom is 0.224 e. The van der Waals surface area contributed by atoms with Crippen LogP contribution < -0.4 is 5.32 Å². The Bertz CT molecular complexity index is 238. The van der Waals surface area contributed by atoms with E-state index in [1.165, 1.54) is 19.4 Å². The summed E-state index contributed by atoms with van der Waals surface area (Å²) in [5.74, 6) is 0.354. The normalized spacial score (nSPS) is 27.3. The third kappa shape index (κ3) is 2.74. The van der Waals surface area contributed by atoms with Crippen LogP contribution in [0.2, 0.25) is 0 Å². The van der Waals surface area contributed by atoms with E-state index in [0.29, 0.717) is 11.9 Å². The number of piperazine rings is 1. The summed E-state index contributed by atoms with van der Waals surface area (Å²) in [5.41, 5.74) is 0. The van der Waals surface area contributed by atoms with E-state index >= 15 is 0 Å². The van der Waals surface area contributed by atoms with Gasteiger partial charge in [-0.25, -0.2) is 0 Å². The molecule has 4 heteroatoms. The fourth-order valence-electron chi connectivity index (χ4n) is 2.79. The molecule has 1 N–H and O–H groups in total. The molecule has 16 heavy (non-hydrogen) atoms. The summed E-state index contributed by atoms with van der Waals surface area (Å²) in [6.07, 6.45) is 3.19. The van der Waals surface area contributed by atoms with Gasteiger partial charge in [0, 0.05) is 38.6 Å². The van der Waals surface area contributed by atoms with Crippen LogP contribution in [0, 0.1) is 0 Å². The average molecular weight is 225 g/mol. The van der Waals surface area contributed by atoms with Crippen molar-refractivity contribution in [2.24, 2.45) is 0 Å². The second-order valence-electron chi connectivity index (χ2n) is 4.76. The quantitative estimate of drug-likeness (QED) is 0.750. The number of nitrogens with one attached hydrogen (secondary N) is 1. The molecule has 2 aliphatic heterocycles. The topological polar surface area (TPSA) is 35.6 Å². The lowest BCUT2D eigenvalue weighted by Gasteiger charge is -2.30. The van der Waals surface area contributed by atoms with Crippen molar-refractivity contribution in [1.82, 2.24) is 15.1 Å². The molecule has 4 nitrogen and oxygen atoms in total. The van der Waals surface area contributed by atoms with Crippen LogP contribution in [-0.4, -0.2) is 61.0 Å². The van der Waals surface area contributed by atoms with Gasteiger partial charge in [-0.05, 0) is 25.9 Å². The number of rotatable bonds is 3. The molecule has 0 aromatic carbocycles. The Kier molecular flexibility index (Phi) is 4.18. The Morgan fingerprint density at radius 2 is 2.06 bits per heavy atom. The first-order valence-corrected chi connectivity index (χ1v) is 6.54. The zero-order valence-corrected chi connectivity index (χ0v) is 10.2. The molecule has 2 heterocycles. The molecule has 0 aromatic rings. The van der Waals surface area contributed by atoms with Gasteiger partial charge in [-0.1, -0.05) is 6.92 Å². The first-order chi connectivity index (χ1) is 7.81. The average Bonchev–Trinajstić information content (AvgIpc) is 2.77. The Morgan fingerprint density at radius 1 is 1.31 bits per heavy atom.